The summed E-state index contributed by atoms with van der Waals surface area (Å²) in [5.74, 6) is -0.431. The lowest BCUT2D eigenvalue weighted by Gasteiger charge is -2.25. The van der Waals surface area contributed by atoms with Gasteiger partial charge in [0.05, 0.1) is 16.8 Å². The standard InChI is InChI=1S/C20H19F3N4O/c1-12-8-14(20(21,22)23)9-16(28)17(12)15-3-2-13-10-27(25-18(13)24-15)19-4-6-26(11-19)7-5-19/h2-3,8-10,28H,4-7,11H2,1H3. The van der Waals surface area contributed by atoms with E-state index in [9.17, 15) is 18.3 Å². The Hall–Kier alpha value is -2.61. The molecular weight excluding hydrogens is 369 g/mol. The minimum Gasteiger partial charge on any atom is -0.507 e. The zero-order valence-corrected chi connectivity index (χ0v) is 15.3. The van der Waals surface area contributed by atoms with Gasteiger partial charge in [0.15, 0.2) is 5.65 Å². The fourth-order valence-corrected chi connectivity index (χ4v) is 4.55. The average molecular weight is 388 g/mol. The Morgan fingerprint density at radius 2 is 1.89 bits per heavy atom. The smallest absolute Gasteiger partial charge is 0.416 e. The van der Waals surface area contributed by atoms with Gasteiger partial charge >= 0.3 is 6.18 Å². The van der Waals surface area contributed by atoms with Crippen LogP contribution >= 0.6 is 0 Å². The zero-order valence-electron chi connectivity index (χ0n) is 15.3. The molecule has 0 amide bonds. The maximum atomic E-state index is 13.0. The van der Waals surface area contributed by atoms with E-state index in [1.807, 2.05) is 16.9 Å². The third kappa shape index (κ3) is 2.58. The number of benzene rings is 1. The summed E-state index contributed by atoms with van der Waals surface area (Å²) in [6.45, 7) is 4.69. The third-order valence-electron chi connectivity index (χ3n) is 6.06. The highest BCUT2D eigenvalue weighted by atomic mass is 19.4. The summed E-state index contributed by atoms with van der Waals surface area (Å²) in [7, 11) is 0. The first kappa shape index (κ1) is 17.5. The molecule has 5 nitrogen and oxygen atoms in total. The van der Waals surface area contributed by atoms with Crippen molar-refractivity contribution in [3.05, 3.63) is 41.6 Å². The van der Waals surface area contributed by atoms with E-state index in [4.69, 9.17) is 0 Å². The minimum absolute atomic E-state index is 0.0211. The molecule has 2 aromatic heterocycles. The molecule has 0 atom stereocenters. The molecule has 8 heteroatoms. The van der Waals surface area contributed by atoms with Crippen LogP contribution in [0.15, 0.2) is 30.5 Å². The predicted octanol–water partition coefficient (Wildman–Crippen LogP) is 3.94. The number of aromatic hydroxyl groups is 1. The molecule has 0 aliphatic carbocycles. The molecule has 2 aliphatic heterocycles. The minimum atomic E-state index is -4.51. The number of alkyl halides is 3. The fraction of sp³-hybridized carbons (Fsp3) is 0.400. The number of phenols is 1. The monoisotopic (exact) mass is 388 g/mol. The molecule has 1 N–H and O–H groups in total. The van der Waals surface area contributed by atoms with Crippen LogP contribution in [0.5, 0.6) is 5.75 Å². The van der Waals surface area contributed by atoms with E-state index in [-0.39, 0.29) is 5.54 Å². The van der Waals surface area contributed by atoms with Gasteiger partial charge in [0.2, 0.25) is 0 Å². The van der Waals surface area contributed by atoms with Crippen molar-refractivity contribution < 1.29 is 18.3 Å². The summed E-state index contributed by atoms with van der Waals surface area (Å²) in [5.41, 5.74) is 0.722. The summed E-state index contributed by atoms with van der Waals surface area (Å²) < 4.78 is 40.9. The van der Waals surface area contributed by atoms with Crippen molar-refractivity contribution in [3.8, 4) is 17.0 Å². The number of hydrogen-bond acceptors (Lipinski definition) is 4. The van der Waals surface area contributed by atoms with Crippen LogP contribution in [0.2, 0.25) is 0 Å². The van der Waals surface area contributed by atoms with E-state index in [0.29, 0.717) is 22.5 Å². The molecular formula is C20H19F3N4O. The highest BCUT2D eigenvalue weighted by Crippen LogP contribution is 2.40. The maximum absolute atomic E-state index is 13.0. The molecule has 3 aromatic rings. The Morgan fingerprint density at radius 3 is 2.50 bits per heavy atom. The number of halogens is 3. The van der Waals surface area contributed by atoms with Crippen molar-refractivity contribution in [2.75, 3.05) is 19.6 Å². The predicted molar refractivity (Wildman–Crippen MR) is 98.0 cm³/mol. The Bertz CT molecular complexity index is 1060. The number of piperidine rings is 1. The van der Waals surface area contributed by atoms with E-state index in [1.54, 1.807) is 13.0 Å². The molecule has 146 valence electrons. The molecule has 0 saturated carbocycles. The van der Waals surface area contributed by atoms with Crippen LogP contribution in [-0.2, 0) is 11.7 Å². The molecule has 5 rings (SSSR count). The van der Waals surface area contributed by atoms with Crippen molar-refractivity contribution in [2.24, 2.45) is 0 Å². The Labute approximate surface area is 159 Å². The van der Waals surface area contributed by atoms with Gasteiger partial charge in [-0.2, -0.15) is 18.3 Å². The second kappa shape index (κ2) is 5.70. The number of fused-ring (bicyclic) bond motifs is 3. The van der Waals surface area contributed by atoms with Gasteiger partial charge in [-0.3, -0.25) is 4.68 Å². The van der Waals surface area contributed by atoms with Crippen LogP contribution < -0.4 is 0 Å². The van der Waals surface area contributed by atoms with E-state index in [0.717, 1.165) is 50.0 Å². The van der Waals surface area contributed by atoms with Gasteiger partial charge in [0.1, 0.15) is 5.75 Å². The van der Waals surface area contributed by atoms with Crippen molar-refractivity contribution >= 4 is 11.0 Å². The van der Waals surface area contributed by atoms with E-state index in [2.05, 4.69) is 15.0 Å². The zero-order chi connectivity index (χ0) is 19.7. The number of hydrogen-bond donors (Lipinski definition) is 1. The number of aromatic nitrogens is 3. The van der Waals surface area contributed by atoms with Crippen molar-refractivity contribution in [1.82, 2.24) is 19.7 Å². The topological polar surface area (TPSA) is 54.2 Å². The van der Waals surface area contributed by atoms with Gasteiger partial charge < -0.3 is 10.0 Å². The summed E-state index contributed by atoms with van der Waals surface area (Å²) in [6.07, 6.45) is -0.383. The number of rotatable bonds is 2. The van der Waals surface area contributed by atoms with Crippen LogP contribution in [0.4, 0.5) is 13.2 Å². The molecule has 0 spiro atoms. The molecule has 2 bridgehead atoms. The van der Waals surface area contributed by atoms with Gasteiger partial charge in [-0.1, -0.05) is 0 Å². The Kier molecular flexibility index (Phi) is 3.56. The second-order valence-corrected chi connectivity index (χ2v) is 7.87. The highest BCUT2D eigenvalue weighted by molar-refractivity contribution is 5.80. The SMILES string of the molecule is Cc1cc(C(F)(F)F)cc(O)c1-c1ccc2cn(C34CCN(CC3)C4)nc2n1. The van der Waals surface area contributed by atoms with Gasteiger partial charge in [0, 0.05) is 36.8 Å². The van der Waals surface area contributed by atoms with Crippen molar-refractivity contribution in [3.63, 3.8) is 0 Å². The second-order valence-electron chi connectivity index (χ2n) is 7.87. The molecule has 2 aliphatic rings. The number of aryl methyl sites for hydroxylation is 1. The lowest BCUT2D eigenvalue weighted by molar-refractivity contribution is -0.137. The molecule has 0 radical (unpaired) electrons. The van der Waals surface area contributed by atoms with Gasteiger partial charge in [0.25, 0.3) is 0 Å². The summed E-state index contributed by atoms with van der Waals surface area (Å²) in [4.78, 5) is 6.97. The quantitative estimate of drug-likeness (QED) is 0.723. The first-order chi connectivity index (χ1) is 13.2. The van der Waals surface area contributed by atoms with Crippen LogP contribution in [0, 0.1) is 6.92 Å². The average Bonchev–Trinajstić information content (AvgIpc) is 3.34. The van der Waals surface area contributed by atoms with Crippen LogP contribution in [-0.4, -0.2) is 44.4 Å². The van der Waals surface area contributed by atoms with E-state index >= 15 is 0 Å². The Morgan fingerprint density at radius 1 is 1.14 bits per heavy atom. The lowest BCUT2D eigenvalue weighted by atomic mass is 9.96. The summed E-state index contributed by atoms with van der Waals surface area (Å²) >= 11 is 0. The third-order valence-corrected chi connectivity index (χ3v) is 6.06. The summed E-state index contributed by atoms with van der Waals surface area (Å²) in [6, 6.07) is 5.36. The van der Waals surface area contributed by atoms with Crippen LogP contribution in [0.25, 0.3) is 22.3 Å². The number of phenolic OH excluding ortho intramolecular Hbond substituents is 1. The fourth-order valence-electron chi connectivity index (χ4n) is 4.55. The van der Waals surface area contributed by atoms with E-state index < -0.39 is 17.5 Å². The molecule has 1 aromatic carbocycles. The Balaban J connectivity index is 1.57. The molecule has 2 saturated heterocycles. The molecule has 0 unspecified atom stereocenters. The highest BCUT2D eigenvalue weighted by Gasteiger charge is 2.45. The number of nitrogens with zero attached hydrogens (tertiary/aromatic N) is 4. The molecule has 4 heterocycles. The van der Waals surface area contributed by atoms with Crippen molar-refractivity contribution in [2.45, 2.75) is 31.5 Å². The molecule has 28 heavy (non-hydrogen) atoms. The van der Waals surface area contributed by atoms with Crippen molar-refractivity contribution in [1.29, 1.82) is 0 Å². The van der Waals surface area contributed by atoms with E-state index in [1.165, 1.54) is 0 Å². The van der Waals surface area contributed by atoms with Crippen LogP contribution in [0.3, 0.4) is 0 Å². The lowest BCUT2D eigenvalue weighted by Crippen LogP contribution is -2.32. The number of pyridine rings is 1. The maximum Gasteiger partial charge on any atom is 0.416 e. The van der Waals surface area contributed by atoms with Gasteiger partial charge in [-0.05, 0) is 49.6 Å². The largest absolute Gasteiger partial charge is 0.507 e. The normalized spacial score (nSPS) is 24.4. The van der Waals surface area contributed by atoms with Crippen LogP contribution in [0.1, 0.15) is 24.0 Å². The van der Waals surface area contributed by atoms with Gasteiger partial charge in [-0.25, -0.2) is 4.98 Å². The van der Waals surface area contributed by atoms with Gasteiger partial charge in [-0.15, -0.1) is 0 Å². The first-order valence-electron chi connectivity index (χ1n) is 9.26. The molecule has 2 fully saturated rings. The first-order valence-corrected chi connectivity index (χ1v) is 9.26. The summed E-state index contributed by atoms with van der Waals surface area (Å²) in [5, 5.41) is 15.8.